The molecule has 0 unspecified atom stereocenters. The molecule has 0 amide bonds. The van der Waals surface area contributed by atoms with Gasteiger partial charge in [-0.15, -0.1) is 10.2 Å². The SMILES string of the molecule is CCOc1ccc(C(=O)O[C@@H](C)c2nnc(-c3ccc(F)cc3)o2)cc1[N+](=O)[O-]. The summed E-state index contributed by atoms with van der Waals surface area (Å²) in [6.07, 6.45) is -0.908. The standard InChI is InChI=1S/C19H16FN3O6/c1-3-27-16-9-6-13(10-15(16)23(25)26)19(24)28-11(2)17-21-22-18(29-17)12-4-7-14(20)8-5-12/h4-11H,3H2,1-2H3/t11-/m0/s1. The second-order valence-corrected chi connectivity index (χ2v) is 5.87. The average molecular weight is 401 g/mol. The molecule has 3 aromatic rings. The molecule has 150 valence electrons. The Kier molecular flexibility index (Phi) is 5.82. The van der Waals surface area contributed by atoms with Crippen LogP contribution in [0.25, 0.3) is 11.5 Å². The van der Waals surface area contributed by atoms with Gasteiger partial charge in [-0.25, -0.2) is 9.18 Å². The van der Waals surface area contributed by atoms with Crippen LogP contribution in [0.1, 0.15) is 36.2 Å². The van der Waals surface area contributed by atoms with E-state index in [4.69, 9.17) is 13.9 Å². The van der Waals surface area contributed by atoms with Crippen LogP contribution >= 0.6 is 0 Å². The molecule has 0 radical (unpaired) electrons. The Labute approximate surface area is 164 Å². The molecule has 10 heteroatoms. The lowest BCUT2D eigenvalue weighted by molar-refractivity contribution is -0.385. The highest BCUT2D eigenvalue weighted by molar-refractivity contribution is 5.90. The molecule has 0 saturated carbocycles. The van der Waals surface area contributed by atoms with Gasteiger partial charge in [-0.2, -0.15) is 0 Å². The highest BCUT2D eigenvalue weighted by Crippen LogP contribution is 2.29. The van der Waals surface area contributed by atoms with Crippen molar-refractivity contribution in [2.24, 2.45) is 0 Å². The molecular weight excluding hydrogens is 385 g/mol. The third kappa shape index (κ3) is 4.54. The van der Waals surface area contributed by atoms with E-state index in [1.54, 1.807) is 6.92 Å². The maximum absolute atomic E-state index is 13.0. The predicted octanol–water partition coefficient (Wildman–Crippen LogP) is 4.10. The molecule has 0 spiro atoms. The molecule has 0 aliphatic heterocycles. The van der Waals surface area contributed by atoms with E-state index in [-0.39, 0.29) is 35.4 Å². The van der Waals surface area contributed by atoms with E-state index in [2.05, 4.69) is 10.2 Å². The minimum Gasteiger partial charge on any atom is -0.487 e. The first-order valence-corrected chi connectivity index (χ1v) is 8.60. The highest BCUT2D eigenvalue weighted by Gasteiger charge is 2.23. The van der Waals surface area contributed by atoms with Crippen molar-refractivity contribution in [3.63, 3.8) is 0 Å². The van der Waals surface area contributed by atoms with E-state index < -0.39 is 22.8 Å². The molecular formula is C19H16FN3O6. The Balaban J connectivity index is 1.74. The molecule has 29 heavy (non-hydrogen) atoms. The number of halogens is 1. The number of carbonyl (C=O) groups excluding carboxylic acids is 1. The maximum Gasteiger partial charge on any atom is 0.339 e. The topological polar surface area (TPSA) is 118 Å². The van der Waals surface area contributed by atoms with Crippen LogP contribution in [-0.2, 0) is 4.74 Å². The van der Waals surface area contributed by atoms with Gasteiger partial charge in [-0.05, 0) is 50.2 Å². The van der Waals surface area contributed by atoms with E-state index in [9.17, 15) is 19.3 Å². The fourth-order valence-electron chi connectivity index (χ4n) is 2.45. The average Bonchev–Trinajstić information content (AvgIpc) is 3.19. The summed E-state index contributed by atoms with van der Waals surface area (Å²) in [7, 11) is 0. The van der Waals surface area contributed by atoms with Crippen molar-refractivity contribution in [3.05, 3.63) is 69.9 Å². The Morgan fingerprint density at radius 1 is 1.24 bits per heavy atom. The normalized spacial score (nSPS) is 11.7. The third-order valence-corrected chi connectivity index (χ3v) is 3.85. The van der Waals surface area contributed by atoms with Gasteiger partial charge in [0, 0.05) is 11.6 Å². The number of nitro groups is 1. The number of nitro benzene ring substituents is 1. The number of hydrogen-bond acceptors (Lipinski definition) is 8. The minimum atomic E-state index is -0.908. The van der Waals surface area contributed by atoms with Crippen molar-refractivity contribution in [3.8, 4) is 17.2 Å². The number of ether oxygens (including phenoxy) is 2. The zero-order valence-electron chi connectivity index (χ0n) is 15.5. The van der Waals surface area contributed by atoms with Crippen molar-refractivity contribution in [1.82, 2.24) is 10.2 Å². The lowest BCUT2D eigenvalue weighted by Crippen LogP contribution is -2.10. The maximum atomic E-state index is 13.0. The molecule has 1 aromatic heterocycles. The molecule has 0 aliphatic carbocycles. The van der Waals surface area contributed by atoms with Crippen LogP contribution in [-0.4, -0.2) is 27.7 Å². The summed E-state index contributed by atoms with van der Waals surface area (Å²) < 4.78 is 28.9. The number of hydrogen-bond donors (Lipinski definition) is 0. The van der Waals surface area contributed by atoms with Crippen LogP contribution in [0.3, 0.4) is 0 Å². The third-order valence-electron chi connectivity index (χ3n) is 3.85. The summed E-state index contributed by atoms with van der Waals surface area (Å²) in [5.74, 6) is -0.980. The molecule has 1 atom stereocenters. The highest BCUT2D eigenvalue weighted by atomic mass is 19.1. The molecule has 0 bridgehead atoms. The van der Waals surface area contributed by atoms with Crippen molar-refractivity contribution < 1.29 is 28.0 Å². The van der Waals surface area contributed by atoms with E-state index in [0.29, 0.717) is 5.56 Å². The van der Waals surface area contributed by atoms with Crippen molar-refractivity contribution in [2.45, 2.75) is 20.0 Å². The summed E-state index contributed by atoms with van der Waals surface area (Å²) in [6, 6.07) is 9.23. The Morgan fingerprint density at radius 3 is 2.62 bits per heavy atom. The van der Waals surface area contributed by atoms with E-state index in [1.165, 1.54) is 43.3 Å². The summed E-state index contributed by atoms with van der Waals surface area (Å²) >= 11 is 0. The van der Waals surface area contributed by atoms with Crippen molar-refractivity contribution in [2.75, 3.05) is 6.61 Å². The van der Waals surface area contributed by atoms with E-state index in [0.717, 1.165) is 6.07 Å². The van der Waals surface area contributed by atoms with Crippen LogP contribution in [0.15, 0.2) is 46.9 Å². The van der Waals surface area contributed by atoms with Gasteiger partial charge in [-0.1, -0.05) is 0 Å². The van der Waals surface area contributed by atoms with E-state index >= 15 is 0 Å². The van der Waals surface area contributed by atoms with Gasteiger partial charge in [0.15, 0.2) is 11.9 Å². The lowest BCUT2D eigenvalue weighted by atomic mass is 10.2. The number of nitrogens with zero attached hydrogens (tertiary/aromatic N) is 3. The number of carbonyl (C=O) groups is 1. The molecule has 0 saturated heterocycles. The van der Waals surface area contributed by atoms with Gasteiger partial charge in [0.05, 0.1) is 17.1 Å². The van der Waals surface area contributed by atoms with Crippen LogP contribution < -0.4 is 4.74 Å². The Bertz CT molecular complexity index is 1030. The first kappa shape index (κ1) is 19.9. The largest absolute Gasteiger partial charge is 0.487 e. The van der Waals surface area contributed by atoms with Gasteiger partial charge < -0.3 is 13.9 Å². The molecule has 2 aromatic carbocycles. The summed E-state index contributed by atoms with van der Waals surface area (Å²) in [4.78, 5) is 22.9. The van der Waals surface area contributed by atoms with Gasteiger partial charge in [-0.3, -0.25) is 10.1 Å². The molecule has 0 fully saturated rings. The molecule has 9 nitrogen and oxygen atoms in total. The summed E-state index contributed by atoms with van der Waals surface area (Å²) in [6.45, 7) is 3.45. The number of benzene rings is 2. The van der Waals surface area contributed by atoms with Gasteiger partial charge in [0.2, 0.25) is 5.89 Å². The van der Waals surface area contributed by atoms with Crippen LogP contribution in [0.5, 0.6) is 5.75 Å². The predicted molar refractivity (Wildman–Crippen MR) is 97.8 cm³/mol. The number of rotatable bonds is 7. The van der Waals surface area contributed by atoms with Crippen LogP contribution in [0.2, 0.25) is 0 Å². The molecule has 3 rings (SSSR count). The lowest BCUT2D eigenvalue weighted by Gasteiger charge is -2.10. The zero-order chi connectivity index (χ0) is 21.0. The second kappa shape index (κ2) is 8.46. The molecule has 0 aliphatic rings. The van der Waals surface area contributed by atoms with E-state index in [1.807, 2.05) is 0 Å². The minimum absolute atomic E-state index is 0.0229. The zero-order valence-corrected chi connectivity index (χ0v) is 15.5. The quantitative estimate of drug-likeness (QED) is 0.330. The fraction of sp³-hybridized carbons (Fsp3) is 0.211. The smallest absolute Gasteiger partial charge is 0.339 e. The summed E-state index contributed by atoms with van der Waals surface area (Å²) in [5, 5.41) is 18.9. The molecule has 0 N–H and O–H groups in total. The Hall–Kier alpha value is -3.82. The van der Waals surface area contributed by atoms with Crippen LogP contribution in [0, 0.1) is 15.9 Å². The second-order valence-electron chi connectivity index (χ2n) is 5.87. The summed E-state index contributed by atoms with van der Waals surface area (Å²) in [5.41, 5.74) is 0.140. The Morgan fingerprint density at radius 2 is 1.97 bits per heavy atom. The van der Waals surface area contributed by atoms with Crippen LogP contribution in [0.4, 0.5) is 10.1 Å². The van der Waals surface area contributed by atoms with Gasteiger partial charge in [0.25, 0.3) is 5.89 Å². The number of esters is 1. The van der Waals surface area contributed by atoms with Crippen molar-refractivity contribution >= 4 is 11.7 Å². The molecule has 1 heterocycles. The first-order valence-electron chi connectivity index (χ1n) is 8.60. The van der Waals surface area contributed by atoms with Gasteiger partial charge in [0.1, 0.15) is 5.82 Å². The number of aromatic nitrogens is 2. The van der Waals surface area contributed by atoms with Crippen molar-refractivity contribution in [1.29, 1.82) is 0 Å². The monoisotopic (exact) mass is 401 g/mol. The fourth-order valence-corrected chi connectivity index (χ4v) is 2.45. The van der Waals surface area contributed by atoms with Gasteiger partial charge >= 0.3 is 11.7 Å². The first-order chi connectivity index (χ1) is 13.9.